The number of unbranched alkanes of at least 4 members (excludes halogenated alkanes) is 1. The largest absolute Gasteiger partial charge is 0.478 e. The van der Waals surface area contributed by atoms with Crippen LogP contribution in [0.15, 0.2) is 24.8 Å². The molecule has 0 radical (unpaired) electrons. The summed E-state index contributed by atoms with van der Waals surface area (Å²) in [6.07, 6.45) is 3.22. The number of carboxylic acids is 1. The molecular formula is C12H16O6. The highest BCUT2D eigenvalue weighted by Gasteiger charge is 2.16. The van der Waals surface area contributed by atoms with Gasteiger partial charge < -0.3 is 14.6 Å². The summed E-state index contributed by atoms with van der Waals surface area (Å²) in [5.74, 6) is -2.85. The van der Waals surface area contributed by atoms with Gasteiger partial charge in [-0.25, -0.2) is 14.4 Å². The summed E-state index contributed by atoms with van der Waals surface area (Å²) in [6, 6.07) is 0. The van der Waals surface area contributed by atoms with Gasteiger partial charge in [0.2, 0.25) is 6.29 Å². The summed E-state index contributed by atoms with van der Waals surface area (Å²) in [6.45, 7) is 5.16. The molecule has 0 spiro atoms. The van der Waals surface area contributed by atoms with Crippen molar-refractivity contribution in [3.8, 4) is 0 Å². The smallest absolute Gasteiger partial charge is 0.334 e. The lowest BCUT2D eigenvalue weighted by Crippen LogP contribution is -2.23. The molecule has 0 aliphatic heterocycles. The lowest BCUT2D eigenvalue weighted by Gasteiger charge is -2.16. The molecule has 0 saturated heterocycles. The first kappa shape index (κ1) is 15.9. The van der Waals surface area contributed by atoms with Crippen molar-refractivity contribution in [2.75, 3.05) is 0 Å². The van der Waals surface area contributed by atoms with Crippen LogP contribution in [0.25, 0.3) is 0 Å². The Morgan fingerprint density at radius 3 is 2.33 bits per heavy atom. The fourth-order valence-electron chi connectivity index (χ4n) is 0.999. The lowest BCUT2D eigenvalue weighted by molar-refractivity contribution is -0.182. The highest BCUT2D eigenvalue weighted by molar-refractivity contribution is 5.90. The van der Waals surface area contributed by atoms with Gasteiger partial charge in [-0.1, -0.05) is 19.9 Å². The van der Waals surface area contributed by atoms with Crippen molar-refractivity contribution in [1.29, 1.82) is 0 Å². The zero-order valence-corrected chi connectivity index (χ0v) is 10.1. The first-order chi connectivity index (χ1) is 8.49. The van der Waals surface area contributed by atoms with Crippen LogP contribution in [0.4, 0.5) is 0 Å². The minimum absolute atomic E-state index is 0.350. The molecule has 0 aromatic rings. The summed E-state index contributed by atoms with van der Waals surface area (Å²) in [5.41, 5.74) is 0. The Balaban J connectivity index is 4.37. The topological polar surface area (TPSA) is 89.9 Å². The van der Waals surface area contributed by atoms with Crippen LogP contribution in [0.5, 0.6) is 0 Å². The number of aliphatic carboxylic acids is 1. The van der Waals surface area contributed by atoms with Crippen LogP contribution >= 0.6 is 0 Å². The number of carbonyl (C=O) groups is 3. The maximum Gasteiger partial charge on any atom is 0.334 e. The third-order valence-corrected chi connectivity index (χ3v) is 1.82. The quantitative estimate of drug-likeness (QED) is 0.401. The van der Waals surface area contributed by atoms with Crippen LogP contribution in [0.3, 0.4) is 0 Å². The Morgan fingerprint density at radius 1 is 1.22 bits per heavy atom. The molecule has 0 fully saturated rings. The molecule has 1 atom stereocenters. The van der Waals surface area contributed by atoms with Gasteiger partial charge >= 0.3 is 17.9 Å². The first-order valence-electron chi connectivity index (χ1n) is 5.44. The van der Waals surface area contributed by atoms with Gasteiger partial charge in [0.05, 0.1) is 0 Å². The van der Waals surface area contributed by atoms with E-state index in [1.807, 2.05) is 6.92 Å². The normalized spacial score (nSPS) is 11.8. The van der Waals surface area contributed by atoms with E-state index in [0.29, 0.717) is 18.9 Å². The molecule has 0 heterocycles. The van der Waals surface area contributed by atoms with Gasteiger partial charge in [-0.05, 0) is 6.42 Å². The summed E-state index contributed by atoms with van der Waals surface area (Å²) < 4.78 is 9.59. The minimum atomic E-state index is -1.26. The highest BCUT2D eigenvalue weighted by atomic mass is 16.7. The molecule has 0 amide bonds. The van der Waals surface area contributed by atoms with E-state index >= 15 is 0 Å². The van der Waals surface area contributed by atoms with Gasteiger partial charge in [0.25, 0.3) is 0 Å². The van der Waals surface area contributed by atoms with Crippen molar-refractivity contribution in [1.82, 2.24) is 0 Å². The van der Waals surface area contributed by atoms with E-state index in [4.69, 9.17) is 14.6 Å². The predicted molar refractivity (Wildman–Crippen MR) is 62.5 cm³/mol. The zero-order valence-electron chi connectivity index (χ0n) is 10.1. The number of esters is 2. The van der Waals surface area contributed by atoms with E-state index in [1.165, 1.54) is 0 Å². The van der Waals surface area contributed by atoms with Gasteiger partial charge in [-0.15, -0.1) is 0 Å². The lowest BCUT2D eigenvalue weighted by atomic mass is 10.2. The zero-order chi connectivity index (χ0) is 14.0. The van der Waals surface area contributed by atoms with Crippen molar-refractivity contribution in [2.45, 2.75) is 32.5 Å². The van der Waals surface area contributed by atoms with E-state index in [2.05, 4.69) is 6.58 Å². The second-order valence-electron chi connectivity index (χ2n) is 3.32. The Morgan fingerprint density at radius 2 is 1.83 bits per heavy atom. The average Bonchev–Trinajstić information content (AvgIpc) is 2.33. The van der Waals surface area contributed by atoms with Crippen molar-refractivity contribution >= 4 is 17.9 Å². The molecule has 1 N–H and O–H groups in total. The second kappa shape index (κ2) is 8.98. The Hall–Kier alpha value is -2.11. The Labute approximate surface area is 105 Å². The highest BCUT2D eigenvalue weighted by Crippen LogP contribution is 2.08. The molecule has 0 aliphatic rings. The average molecular weight is 256 g/mol. The van der Waals surface area contributed by atoms with Crippen LogP contribution in [0, 0.1) is 0 Å². The number of carbonyl (C=O) groups excluding carboxylic acids is 2. The van der Waals surface area contributed by atoms with E-state index in [-0.39, 0.29) is 0 Å². The molecule has 0 bridgehead atoms. The number of rotatable bonds is 8. The van der Waals surface area contributed by atoms with Crippen molar-refractivity contribution < 1.29 is 29.0 Å². The maximum atomic E-state index is 11.2. The molecule has 18 heavy (non-hydrogen) atoms. The molecule has 0 saturated carbocycles. The molecule has 0 rings (SSSR count). The minimum Gasteiger partial charge on any atom is -0.478 e. The Kier molecular flexibility index (Phi) is 7.92. The van der Waals surface area contributed by atoms with Crippen molar-refractivity contribution in [3.63, 3.8) is 0 Å². The molecular weight excluding hydrogens is 240 g/mol. The fourth-order valence-corrected chi connectivity index (χ4v) is 0.999. The van der Waals surface area contributed by atoms with E-state index < -0.39 is 24.2 Å². The SMILES string of the molecule is C=CC(=O)OC(CCCC)OC(=O)/C=C\C(=O)O. The molecule has 6 nitrogen and oxygen atoms in total. The molecule has 0 aliphatic carbocycles. The molecule has 6 heteroatoms. The van der Waals surface area contributed by atoms with Crippen molar-refractivity contribution in [3.05, 3.63) is 24.8 Å². The van der Waals surface area contributed by atoms with Crippen LogP contribution < -0.4 is 0 Å². The summed E-state index contributed by atoms with van der Waals surface area (Å²) in [7, 11) is 0. The van der Waals surface area contributed by atoms with Crippen LogP contribution in [0.2, 0.25) is 0 Å². The van der Waals surface area contributed by atoms with Crippen LogP contribution in [-0.2, 0) is 23.9 Å². The number of carboxylic acid groups (broad SMARTS) is 1. The molecule has 1 unspecified atom stereocenters. The third-order valence-electron chi connectivity index (χ3n) is 1.82. The standard InChI is InChI=1S/C12H16O6/c1-3-5-6-12(17-10(15)4-2)18-11(16)8-7-9(13)14/h4,7-8,12H,2-3,5-6H2,1H3,(H,13,14)/b8-7-. The van der Waals surface area contributed by atoms with E-state index in [1.54, 1.807) is 0 Å². The van der Waals surface area contributed by atoms with Gasteiger partial charge in [0.15, 0.2) is 0 Å². The molecule has 100 valence electrons. The van der Waals surface area contributed by atoms with E-state index in [0.717, 1.165) is 18.6 Å². The third kappa shape index (κ3) is 8.09. The number of hydrogen-bond acceptors (Lipinski definition) is 5. The fraction of sp³-hybridized carbons (Fsp3) is 0.417. The van der Waals surface area contributed by atoms with Gasteiger partial charge in [0, 0.05) is 24.6 Å². The van der Waals surface area contributed by atoms with Gasteiger partial charge in [0.1, 0.15) is 0 Å². The first-order valence-corrected chi connectivity index (χ1v) is 5.44. The maximum absolute atomic E-state index is 11.2. The molecule has 0 aromatic carbocycles. The summed E-state index contributed by atoms with van der Waals surface area (Å²) >= 11 is 0. The van der Waals surface area contributed by atoms with Gasteiger partial charge in [-0.2, -0.15) is 0 Å². The number of hydrogen-bond donors (Lipinski definition) is 1. The van der Waals surface area contributed by atoms with Gasteiger partial charge in [-0.3, -0.25) is 0 Å². The van der Waals surface area contributed by atoms with E-state index in [9.17, 15) is 14.4 Å². The Bertz CT molecular complexity index is 344. The predicted octanol–water partition coefficient (Wildman–Crippen LogP) is 1.42. The van der Waals surface area contributed by atoms with Crippen molar-refractivity contribution in [2.24, 2.45) is 0 Å². The monoisotopic (exact) mass is 256 g/mol. The van der Waals surface area contributed by atoms with Crippen LogP contribution in [-0.4, -0.2) is 29.3 Å². The molecule has 0 aromatic heterocycles. The van der Waals surface area contributed by atoms with Crippen LogP contribution in [0.1, 0.15) is 26.2 Å². The number of ether oxygens (including phenoxy) is 2. The second-order valence-corrected chi connectivity index (χ2v) is 3.32. The summed E-state index contributed by atoms with van der Waals surface area (Å²) in [5, 5.41) is 8.33. The summed E-state index contributed by atoms with van der Waals surface area (Å²) in [4.78, 5) is 32.4.